The van der Waals surface area contributed by atoms with Crippen LogP contribution in [0.25, 0.3) is 0 Å². The van der Waals surface area contributed by atoms with Crippen molar-refractivity contribution in [2.75, 3.05) is 31.1 Å². The van der Waals surface area contributed by atoms with E-state index in [1.807, 2.05) is 19.1 Å². The molecule has 2 aromatic carbocycles. The minimum atomic E-state index is -3.43. The summed E-state index contributed by atoms with van der Waals surface area (Å²) in [7, 11) is -3.43. The van der Waals surface area contributed by atoms with Gasteiger partial charge in [-0.05, 0) is 48.7 Å². The van der Waals surface area contributed by atoms with Gasteiger partial charge in [-0.2, -0.15) is 4.72 Å². The zero-order chi connectivity index (χ0) is 20.8. The Balaban J connectivity index is 1.49. The van der Waals surface area contributed by atoms with Gasteiger partial charge in [0.2, 0.25) is 10.0 Å². The van der Waals surface area contributed by atoms with Crippen molar-refractivity contribution < 1.29 is 8.42 Å². The number of piperazine rings is 1. The van der Waals surface area contributed by atoms with Crippen LogP contribution in [-0.4, -0.2) is 45.7 Å². The molecule has 2 aromatic rings. The minimum absolute atomic E-state index is 0.0477. The molecule has 2 saturated heterocycles. The van der Waals surface area contributed by atoms with Crippen LogP contribution >= 0.6 is 11.6 Å². The van der Waals surface area contributed by atoms with Crippen molar-refractivity contribution in [1.82, 2.24) is 9.62 Å². The molecule has 4 rings (SSSR count). The summed E-state index contributed by atoms with van der Waals surface area (Å²) in [4.78, 5) is 4.68. The molecule has 3 unspecified atom stereocenters. The predicted molar refractivity (Wildman–Crippen MR) is 119 cm³/mol. The zero-order valence-electron chi connectivity index (χ0n) is 17.1. The first-order chi connectivity index (χ1) is 13.8. The second kappa shape index (κ2) is 7.91. The third-order valence-corrected chi connectivity index (χ3v) is 8.61. The summed E-state index contributed by atoms with van der Waals surface area (Å²) in [5.41, 5.74) is 4.70. The molecule has 2 fully saturated rings. The molecule has 29 heavy (non-hydrogen) atoms. The molecule has 0 aliphatic carbocycles. The quantitative estimate of drug-likeness (QED) is 0.801. The Kier molecular flexibility index (Phi) is 5.64. The number of rotatable bonds is 3. The molecule has 5 nitrogen and oxygen atoms in total. The normalized spacial score (nSPS) is 27.3. The monoisotopic (exact) mass is 433 g/mol. The maximum Gasteiger partial charge on any atom is 0.220 e. The fraction of sp³-hybridized carbons (Fsp3) is 0.455. The summed E-state index contributed by atoms with van der Waals surface area (Å²) in [6, 6.07) is 13.6. The average molecular weight is 434 g/mol. The number of sulfonamides is 1. The molecular formula is C22H28ClN3O2S. The Labute approximate surface area is 178 Å². The van der Waals surface area contributed by atoms with E-state index in [1.54, 1.807) is 12.1 Å². The highest BCUT2D eigenvalue weighted by molar-refractivity contribution is 7.90. The van der Waals surface area contributed by atoms with Gasteiger partial charge >= 0.3 is 0 Å². The second-order valence-electron chi connectivity index (χ2n) is 8.18. The topological polar surface area (TPSA) is 52.6 Å². The summed E-state index contributed by atoms with van der Waals surface area (Å²) < 4.78 is 28.7. The lowest BCUT2D eigenvalue weighted by atomic mass is 9.96. The SMILES string of the molecule is Cc1cccc(N2CCN(C3NS(=O)(=O)C(c4ccc(Cl)cc4)C3C)CC2)c1C. The number of hydrogen-bond acceptors (Lipinski definition) is 4. The van der Waals surface area contributed by atoms with E-state index in [1.165, 1.54) is 16.8 Å². The summed E-state index contributed by atoms with van der Waals surface area (Å²) >= 11 is 5.98. The first-order valence-corrected chi connectivity index (χ1v) is 12.0. The summed E-state index contributed by atoms with van der Waals surface area (Å²) in [5, 5.41) is 0.0608. The van der Waals surface area contributed by atoms with E-state index < -0.39 is 15.3 Å². The predicted octanol–water partition coefficient (Wildman–Crippen LogP) is 3.72. The summed E-state index contributed by atoms with van der Waals surface area (Å²) in [5.74, 6) is -0.0477. The van der Waals surface area contributed by atoms with Gasteiger partial charge in [-0.1, -0.05) is 42.8 Å². The highest BCUT2D eigenvalue weighted by atomic mass is 35.5. The van der Waals surface area contributed by atoms with Crippen LogP contribution in [0.5, 0.6) is 0 Å². The fourth-order valence-electron chi connectivity index (χ4n) is 4.66. The van der Waals surface area contributed by atoms with Gasteiger partial charge in [-0.25, -0.2) is 8.42 Å². The molecule has 7 heteroatoms. The van der Waals surface area contributed by atoms with Gasteiger partial charge in [0.15, 0.2) is 0 Å². The largest absolute Gasteiger partial charge is 0.369 e. The molecule has 0 aromatic heterocycles. The third kappa shape index (κ3) is 3.91. The summed E-state index contributed by atoms with van der Waals surface area (Å²) in [6.45, 7) is 9.78. The number of nitrogens with zero attached hydrogens (tertiary/aromatic N) is 2. The van der Waals surface area contributed by atoms with E-state index in [0.29, 0.717) is 5.02 Å². The van der Waals surface area contributed by atoms with Gasteiger partial charge in [0.25, 0.3) is 0 Å². The first-order valence-electron chi connectivity index (χ1n) is 10.1. The number of benzene rings is 2. The van der Waals surface area contributed by atoms with Crippen molar-refractivity contribution >= 4 is 27.3 Å². The maximum atomic E-state index is 12.9. The number of hydrogen-bond donors (Lipinski definition) is 1. The molecule has 2 aliphatic rings. The lowest BCUT2D eigenvalue weighted by molar-refractivity contribution is 0.140. The van der Waals surface area contributed by atoms with E-state index in [0.717, 1.165) is 31.7 Å². The molecule has 0 bridgehead atoms. The van der Waals surface area contributed by atoms with Gasteiger partial charge in [0.1, 0.15) is 5.25 Å². The number of aryl methyl sites for hydroxylation is 1. The molecule has 1 N–H and O–H groups in total. The van der Waals surface area contributed by atoms with Crippen molar-refractivity contribution in [1.29, 1.82) is 0 Å². The molecule has 0 radical (unpaired) electrons. The Hall–Kier alpha value is -1.60. The zero-order valence-corrected chi connectivity index (χ0v) is 18.7. The van der Waals surface area contributed by atoms with Gasteiger partial charge < -0.3 is 4.90 Å². The van der Waals surface area contributed by atoms with Crippen molar-refractivity contribution in [3.05, 3.63) is 64.2 Å². The molecule has 156 valence electrons. The van der Waals surface area contributed by atoms with Crippen molar-refractivity contribution in [3.63, 3.8) is 0 Å². The van der Waals surface area contributed by atoms with Crippen molar-refractivity contribution in [2.24, 2.45) is 5.92 Å². The molecule has 2 heterocycles. The lowest BCUT2D eigenvalue weighted by Gasteiger charge is -2.40. The van der Waals surface area contributed by atoms with Crippen LogP contribution in [0.3, 0.4) is 0 Å². The Bertz CT molecular complexity index is 986. The van der Waals surface area contributed by atoms with E-state index in [2.05, 4.69) is 46.6 Å². The maximum absolute atomic E-state index is 12.9. The smallest absolute Gasteiger partial charge is 0.220 e. The number of halogens is 1. The van der Waals surface area contributed by atoms with Crippen LogP contribution in [0.2, 0.25) is 5.02 Å². The van der Waals surface area contributed by atoms with Crippen LogP contribution in [0.1, 0.15) is 28.9 Å². The van der Waals surface area contributed by atoms with Crippen LogP contribution in [-0.2, 0) is 10.0 Å². The van der Waals surface area contributed by atoms with Crippen molar-refractivity contribution in [3.8, 4) is 0 Å². The number of nitrogens with one attached hydrogen (secondary N) is 1. The molecule has 0 spiro atoms. The van der Waals surface area contributed by atoms with E-state index in [4.69, 9.17) is 11.6 Å². The van der Waals surface area contributed by atoms with Gasteiger partial charge in [0.05, 0.1) is 6.17 Å². The minimum Gasteiger partial charge on any atom is -0.369 e. The first kappa shape index (κ1) is 20.7. The molecule has 2 aliphatic heterocycles. The van der Waals surface area contributed by atoms with Crippen LogP contribution in [0.15, 0.2) is 42.5 Å². The average Bonchev–Trinajstić information content (AvgIpc) is 2.94. The van der Waals surface area contributed by atoms with Crippen LogP contribution in [0, 0.1) is 19.8 Å². The number of anilines is 1. The molecule has 0 saturated carbocycles. The van der Waals surface area contributed by atoms with Gasteiger partial charge in [-0.3, -0.25) is 4.90 Å². The Morgan fingerprint density at radius 1 is 1.00 bits per heavy atom. The van der Waals surface area contributed by atoms with Gasteiger partial charge in [0, 0.05) is 42.8 Å². The van der Waals surface area contributed by atoms with E-state index in [-0.39, 0.29) is 12.1 Å². The van der Waals surface area contributed by atoms with Gasteiger partial charge in [-0.15, -0.1) is 0 Å². The standard InChI is InChI=1S/C22H28ClN3O2S/c1-15-5-4-6-20(16(15)2)25-11-13-26(14-12-25)22-17(3)21(29(27,28)24-22)18-7-9-19(23)10-8-18/h4-10,17,21-22,24H,11-14H2,1-3H3. The summed E-state index contributed by atoms with van der Waals surface area (Å²) in [6.07, 6.45) is -0.179. The highest BCUT2D eigenvalue weighted by Crippen LogP contribution is 2.39. The highest BCUT2D eigenvalue weighted by Gasteiger charge is 2.47. The molecule has 3 atom stereocenters. The van der Waals surface area contributed by atoms with Crippen molar-refractivity contribution in [2.45, 2.75) is 32.2 Å². The van der Waals surface area contributed by atoms with Crippen LogP contribution in [0.4, 0.5) is 5.69 Å². The molecular weight excluding hydrogens is 406 g/mol. The Morgan fingerprint density at radius 3 is 2.31 bits per heavy atom. The molecule has 0 amide bonds. The lowest BCUT2D eigenvalue weighted by Crippen LogP contribution is -2.55. The third-order valence-electron chi connectivity index (χ3n) is 6.42. The van der Waals surface area contributed by atoms with E-state index in [9.17, 15) is 8.42 Å². The van der Waals surface area contributed by atoms with E-state index >= 15 is 0 Å². The Morgan fingerprint density at radius 2 is 1.66 bits per heavy atom. The van der Waals surface area contributed by atoms with Crippen LogP contribution < -0.4 is 9.62 Å². The second-order valence-corrected chi connectivity index (χ2v) is 10.5. The fourth-order valence-corrected chi connectivity index (χ4v) is 6.86.